The number of aliphatic imine (C=N–C) groups is 1. The maximum absolute atomic E-state index is 12.7. The lowest BCUT2D eigenvalue weighted by Gasteiger charge is -2.35. The molecule has 0 aliphatic carbocycles. The topological polar surface area (TPSA) is 78.2 Å². The van der Waals surface area contributed by atoms with E-state index in [1.54, 1.807) is 22.8 Å². The van der Waals surface area contributed by atoms with Crippen LogP contribution in [0.25, 0.3) is 0 Å². The summed E-state index contributed by atoms with van der Waals surface area (Å²) in [6.07, 6.45) is 3.58. The largest absolute Gasteiger partial charge is 0.492 e. The van der Waals surface area contributed by atoms with Crippen molar-refractivity contribution in [3.05, 3.63) is 42.2 Å². The average Bonchev–Trinajstić information content (AvgIpc) is 3.24. The molecule has 2 heterocycles. The lowest BCUT2D eigenvalue weighted by atomic mass is 10.2. The highest BCUT2D eigenvalue weighted by Crippen LogP contribution is 2.19. The number of aromatic nitrogens is 2. The summed E-state index contributed by atoms with van der Waals surface area (Å²) in [5.74, 6) is 1.62. The van der Waals surface area contributed by atoms with Gasteiger partial charge in [-0.05, 0) is 19.2 Å². The first-order valence-corrected chi connectivity index (χ1v) is 11.2. The van der Waals surface area contributed by atoms with E-state index in [4.69, 9.17) is 4.74 Å². The Hall–Kier alpha value is -3.07. The predicted molar refractivity (Wildman–Crippen MR) is 127 cm³/mol. The van der Waals surface area contributed by atoms with Gasteiger partial charge in [-0.15, -0.1) is 0 Å². The molecule has 1 amide bonds. The summed E-state index contributed by atoms with van der Waals surface area (Å²) in [5, 5.41) is 7.56. The van der Waals surface area contributed by atoms with Gasteiger partial charge in [-0.25, -0.2) is 0 Å². The average molecular weight is 442 g/mol. The van der Waals surface area contributed by atoms with Crippen molar-refractivity contribution in [3.8, 4) is 5.75 Å². The summed E-state index contributed by atoms with van der Waals surface area (Å²) in [4.78, 5) is 23.2. The number of aryl methyl sites for hydroxylation is 1. The van der Waals surface area contributed by atoms with Crippen molar-refractivity contribution in [2.45, 2.75) is 20.4 Å². The molecule has 0 bridgehead atoms. The number of hydrogen-bond acceptors (Lipinski definition) is 5. The fourth-order valence-electron chi connectivity index (χ4n) is 3.80. The van der Waals surface area contributed by atoms with Crippen LogP contribution in [-0.2, 0) is 18.4 Å². The molecule has 1 fully saturated rings. The zero-order valence-corrected chi connectivity index (χ0v) is 19.6. The number of carbonyl (C=O) groups is 1. The summed E-state index contributed by atoms with van der Waals surface area (Å²) in [6, 6.07) is 8.05. The molecule has 32 heavy (non-hydrogen) atoms. The molecule has 0 saturated carbocycles. The summed E-state index contributed by atoms with van der Waals surface area (Å²) >= 11 is 0. The first-order chi connectivity index (χ1) is 15.5. The van der Waals surface area contributed by atoms with E-state index < -0.39 is 0 Å². The Bertz CT molecular complexity index is 907. The van der Waals surface area contributed by atoms with E-state index in [1.165, 1.54) is 0 Å². The van der Waals surface area contributed by atoms with Crippen molar-refractivity contribution in [2.75, 3.05) is 57.8 Å². The molecule has 0 spiro atoms. The molecule has 2 aromatic rings. The molecule has 0 unspecified atom stereocenters. The Morgan fingerprint density at radius 2 is 2.03 bits per heavy atom. The van der Waals surface area contributed by atoms with Crippen LogP contribution >= 0.6 is 0 Å². The van der Waals surface area contributed by atoms with Gasteiger partial charge in [0.05, 0.1) is 11.9 Å². The molecule has 9 heteroatoms. The van der Waals surface area contributed by atoms with Crippen molar-refractivity contribution in [1.29, 1.82) is 0 Å². The number of carbonyl (C=O) groups excluding carboxylic acids is 1. The molecular formula is C23H35N7O2. The zero-order chi connectivity index (χ0) is 22.9. The smallest absolute Gasteiger partial charge is 0.246 e. The highest BCUT2D eigenvalue weighted by atomic mass is 16.5. The number of rotatable bonds is 9. The van der Waals surface area contributed by atoms with Gasteiger partial charge in [0, 0.05) is 52.0 Å². The minimum Gasteiger partial charge on any atom is -0.492 e. The first-order valence-electron chi connectivity index (χ1n) is 11.2. The van der Waals surface area contributed by atoms with Crippen molar-refractivity contribution in [1.82, 2.24) is 24.9 Å². The number of para-hydroxylation sites is 1. The Morgan fingerprint density at radius 1 is 1.25 bits per heavy atom. The molecular weight excluding hydrogens is 406 g/mol. The second kappa shape index (κ2) is 11.5. The van der Waals surface area contributed by atoms with E-state index in [2.05, 4.69) is 40.2 Å². The third-order valence-corrected chi connectivity index (χ3v) is 5.70. The standard InChI is InChI=1S/C23H35N7O2/c1-5-28(6-2)13-14-32-21-10-8-7-9-19(21)15-25-23(24-3)29-11-12-30(22(31)18-29)20-16-26-27(4)17-20/h7-10,16-17H,5-6,11-15,18H2,1-4H3,(H,24,25). The van der Waals surface area contributed by atoms with Crippen molar-refractivity contribution in [2.24, 2.45) is 12.0 Å². The molecule has 1 aliphatic heterocycles. The first kappa shape index (κ1) is 23.6. The van der Waals surface area contributed by atoms with Gasteiger partial charge < -0.3 is 24.8 Å². The van der Waals surface area contributed by atoms with Crippen LogP contribution in [0.5, 0.6) is 5.75 Å². The number of guanidine groups is 1. The van der Waals surface area contributed by atoms with E-state index >= 15 is 0 Å². The minimum absolute atomic E-state index is 0.0346. The third-order valence-electron chi connectivity index (χ3n) is 5.70. The number of piperazine rings is 1. The lowest BCUT2D eigenvalue weighted by molar-refractivity contribution is -0.120. The molecule has 1 aromatic carbocycles. The van der Waals surface area contributed by atoms with Gasteiger partial charge in [0.15, 0.2) is 5.96 Å². The number of hydrogen-bond donors (Lipinski definition) is 1. The number of nitrogens with one attached hydrogen (secondary N) is 1. The highest BCUT2D eigenvalue weighted by Gasteiger charge is 2.27. The maximum atomic E-state index is 12.7. The van der Waals surface area contributed by atoms with Crippen LogP contribution in [0.1, 0.15) is 19.4 Å². The molecule has 1 aliphatic rings. The number of likely N-dealkylation sites (N-methyl/N-ethyl adjacent to an activating group) is 1. The molecule has 1 saturated heterocycles. The summed E-state index contributed by atoms with van der Waals surface area (Å²) in [5.41, 5.74) is 1.89. The van der Waals surface area contributed by atoms with Crippen molar-refractivity contribution < 1.29 is 9.53 Å². The van der Waals surface area contributed by atoms with Crippen LogP contribution in [0.4, 0.5) is 5.69 Å². The van der Waals surface area contributed by atoms with E-state index in [1.807, 2.05) is 36.3 Å². The Morgan fingerprint density at radius 3 is 2.69 bits per heavy atom. The summed E-state index contributed by atoms with van der Waals surface area (Å²) in [6.45, 7) is 10.1. The summed E-state index contributed by atoms with van der Waals surface area (Å²) in [7, 11) is 3.59. The van der Waals surface area contributed by atoms with Crippen molar-refractivity contribution >= 4 is 17.6 Å². The van der Waals surface area contributed by atoms with Crippen molar-refractivity contribution in [3.63, 3.8) is 0 Å². The SMILES string of the molecule is CCN(CC)CCOc1ccccc1CNC(=NC)N1CCN(c2cnn(C)c2)C(=O)C1. The number of ether oxygens (including phenoxy) is 1. The molecule has 1 N–H and O–H groups in total. The number of benzene rings is 1. The van der Waals surface area contributed by atoms with E-state index in [0.29, 0.717) is 32.2 Å². The monoisotopic (exact) mass is 441 g/mol. The number of nitrogens with zero attached hydrogens (tertiary/aromatic N) is 6. The van der Waals surface area contributed by atoms with Gasteiger partial charge >= 0.3 is 0 Å². The van der Waals surface area contributed by atoms with Gasteiger partial charge in [0.1, 0.15) is 18.9 Å². The van der Waals surface area contributed by atoms with Gasteiger partial charge in [-0.2, -0.15) is 5.10 Å². The Labute approximate surface area is 190 Å². The molecule has 3 rings (SSSR count). The van der Waals surface area contributed by atoms with E-state index in [9.17, 15) is 4.79 Å². The van der Waals surface area contributed by atoms with Gasteiger partial charge in [-0.1, -0.05) is 32.0 Å². The molecule has 174 valence electrons. The van der Waals surface area contributed by atoms with E-state index in [-0.39, 0.29) is 12.5 Å². The van der Waals surface area contributed by atoms with Crippen LogP contribution in [0.2, 0.25) is 0 Å². The summed E-state index contributed by atoms with van der Waals surface area (Å²) < 4.78 is 7.77. The predicted octanol–water partition coefficient (Wildman–Crippen LogP) is 1.56. The lowest BCUT2D eigenvalue weighted by Crippen LogP contribution is -2.55. The zero-order valence-electron chi connectivity index (χ0n) is 19.6. The van der Waals surface area contributed by atoms with Gasteiger partial charge in [-0.3, -0.25) is 14.5 Å². The number of anilines is 1. The molecule has 0 atom stereocenters. The minimum atomic E-state index is 0.0346. The van der Waals surface area contributed by atoms with Crippen LogP contribution in [-0.4, -0.2) is 84.4 Å². The second-order valence-electron chi connectivity index (χ2n) is 7.72. The molecule has 0 radical (unpaired) electrons. The quantitative estimate of drug-likeness (QED) is 0.470. The Kier molecular flexibility index (Phi) is 8.49. The number of amides is 1. The van der Waals surface area contributed by atoms with Crippen LogP contribution < -0.4 is 15.0 Å². The van der Waals surface area contributed by atoms with Gasteiger partial charge in [0.25, 0.3) is 0 Å². The molecule has 1 aromatic heterocycles. The van der Waals surface area contributed by atoms with Crippen LogP contribution in [0.3, 0.4) is 0 Å². The Balaban J connectivity index is 1.55. The highest BCUT2D eigenvalue weighted by molar-refractivity contribution is 5.98. The normalized spacial score (nSPS) is 14.9. The third kappa shape index (κ3) is 6.00. The molecule has 9 nitrogen and oxygen atoms in total. The van der Waals surface area contributed by atoms with E-state index in [0.717, 1.165) is 36.6 Å². The second-order valence-corrected chi connectivity index (χ2v) is 7.72. The van der Waals surface area contributed by atoms with Crippen LogP contribution in [0.15, 0.2) is 41.7 Å². The fraction of sp³-hybridized carbons (Fsp3) is 0.522. The van der Waals surface area contributed by atoms with Crippen LogP contribution in [0, 0.1) is 0 Å². The maximum Gasteiger partial charge on any atom is 0.246 e. The van der Waals surface area contributed by atoms with Gasteiger partial charge in [0.2, 0.25) is 5.91 Å². The fourth-order valence-corrected chi connectivity index (χ4v) is 3.80.